The molecule has 9 nitrogen and oxygen atoms in total. The van der Waals surface area contributed by atoms with E-state index in [-0.39, 0.29) is 30.2 Å². The quantitative estimate of drug-likeness (QED) is 0.311. The maximum Gasteiger partial charge on any atom is 0.414 e. The molecule has 0 amide bonds. The summed E-state index contributed by atoms with van der Waals surface area (Å²) in [5, 5.41) is 34.9. The number of phenols is 2. The van der Waals surface area contributed by atoms with Crippen LogP contribution in [0, 0.1) is 5.92 Å². The first-order valence-electron chi connectivity index (χ1n) is 12.6. The molecule has 2 aliphatic heterocycles. The number of carboxylic acids is 2. The van der Waals surface area contributed by atoms with E-state index in [1.807, 2.05) is 43.3 Å². The highest BCUT2D eigenvalue weighted by Crippen LogP contribution is 2.47. The van der Waals surface area contributed by atoms with Gasteiger partial charge in [0.05, 0.1) is 6.67 Å². The van der Waals surface area contributed by atoms with Crippen molar-refractivity contribution >= 4 is 23.1 Å². The van der Waals surface area contributed by atoms with Crippen molar-refractivity contribution in [2.24, 2.45) is 5.92 Å². The molecule has 0 spiro atoms. The van der Waals surface area contributed by atoms with Gasteiger partial charge in [-0.2, -0.15) is 0 Å². The maximum absolute atomic E-state index is 12.6. The Kier molecular flexibility index (Phi) is 8.90. The molecule has 0 saturated carbocycles. The first-order valence-corrected chi connectivity index (χ1v) is 12.6. The van der Waals surface area contributed by atoms with E-state index in [4.69, 9.17) is 29.3 Å². The van der Waals surface area contributed by atoms with Crippen LogP contribution in [0.25, 0.3) is 11.1 Å². The third kappa shape index (κ3) is 6.70. The zero-order chi connectivity index (χ0) is 28.8. The Morgan fingerprint density at radius 3 is 2.27 bits per heavy atom. The lowest BCUT2D eigenvalue weighted by Gasteiger charge is -2.37. The number of fused-ring (bicyclic) bond motifs is 1. The van der Waals surface area contributed by atoms with Crippen LogP contribution in [0.5, 0.6) is 23.0 Å². The summed E-state index contributed by atoms with van der Waals surface area (Å²) in [5.41, 5.74) is 4.56. The van der Waals surface area contributed by atoms with Gasteiger partial charge >= 0.3 is 11.9 Å². The lowest BCUT2D eigenvalue weighted by atomic mass is 9.86. The van der Waals surface area contributed by atoms with Gasteiger partial charge in [-0.1, -0.05) is 24.3 Å². The molecule has 3 aromatic carbocycles. The molecule has 40 heavy (non-hydrogen) atoms. The topological polar surface area (TPSA) is 137 Å². The van der Waals surface area contributed by atoms with E-state index >= 15 is 0 Å². The van der Waals surface area contributed by atoms with Crippen LogP contribution in [0.1, 0.15) is 29.7 Å². The summed E-state index contributed by atoms with van der Waals surface area (Å²) in [6.45, 7) is 4.72. The van der Waals surface area contributed by atoms with E-state index < -0.39 is 11.9 Å². The molecule has 10 heteroatoms. The van der Waals surface area contributed by atoms with Gasteiger partial charge < -0.3 is 29.9 Å². The van der Waals surface area contributed by atoms with Gasteiger partial charge in [-0.25, -0.2) is 9.59 Å². The number of ether oxygens (including phenoxy) is 2. The van der Waals surface area contributed by atoms with Crippen LogP contribution in [-0.2, 0) is 9.59 Å². The summed E-state index contributed by atoms with van der Waals surface area (Å²) in [5.74, 6) is -1.64. The number of aliphatic carboxylic acids is 2. The number of allylic oxidation sites excluding steroid dienone is 1. The van der Waals surface area contributed by atoms with Gasteiger partial charge in [0.15, 0.2) is 0 Å². The van der Waals surface area contributed by atoms with Crippen molar-refractivity contribution in [3.63, 3.8) is 0 Å². The monoisotopic (exact) mass is 551 g/mol. The highest BCUT2D eigenvalue weighted by Gasteiger charge is 2.30. The number of halogens is 1. The molecule has 3 aromatic rings. The summed E-state index contributed by atoms with van der Waals surface area (Å²) in [7, 11) is 0. The fourth-order valence-electron chi connectivity index (χ4n) is 4.71. The number of carboxylic acid groups (broad SMARTS) is 2. The van der Waals surface area contributed by atoms with E-state index in [2.05, 4.69) is 4.90 Å². The molecule has 210 valence electrons. The molecule has 0 aromatic heterocycles. The Hall–Kier alpha value is -4.57. The second-order valence-electron chi connectivity index (χ2n) is 9.58. The first kappa shape index (κ1) is 28.4. The maximum atomic E-state index is 12.6. The van der Waals surface area contributed by atoms with Crippen LogP contribution in [0.3, 0.4) is 0 Å². The molecule has 1 saturated heterocycles. The molecule has 5 rings (SSSR count). The van der Waals surface area contributed by atoms with Crippen molar-refractivity contribution in [3.05, 3.63) is 83.4 Å². The van der Waals surface area contributed by atoms with Crippen molar-refractivity contribution in [1.82, 2.24) is 4.90 Å². The van der Waals surface area contributed by atoms with Crippen LogP contribution in [0.4, 0.5) is 4.39 Å². The molecular formula is C30H30FNO8. The van der Waals surface area contributed by atoms with Gasteiger partial charge in [-0.15, -0.1) is 0 Å². The largest absolute Gasteiger partial charge is 0.508 e. The zero-order valence-corrected chi connectivity index (χ0v) is 21.8. The molecule has 0 radical (unpaired) electrons. The van der Waals surface area contributed by atoms with Gasteiger partial charge in [0.25, 0.3) is 0 Å². The lowest BCUT2D eigenvalue weighted by molar-refractivity contribution is -0.159. The summed E-state index contributed by atoms with van der Waals surface area (Å²) in [6, 6.07) is 20.1. The third-order valence-electron chi connectivity index (χ3n) is 6.73. The third-order valence-corrected chi connectivity index (χ3v) is 6.73. The number of likely N-dealkylation sites (tertiary alicyclic amines) is 1. The average Bonchev–Trinajstić information content (AvgIpc) is 2.91. The highest BCUT2D eigenvalue weighted by molar-refractivity contribution is 6.27. The van der Waals surface area contributed by atoms with Crippen LogP contribution in [0.15, 0.2) is 66.7 Å². The highest BCUT2D eigenvalue weighted by atomic mass is 19.1. The number of hydrogen-bond acceptors (Lipinski definition) is 7. The van der Waals surface area contributed by atoms with Gasteiger partial charge in [0.2, 0.25) is 0 Å². The fourth-order valence-corrected chi connectivity index (χ4v) is 4.71. The first-order chi connectivity index (χ1) is 19.2. The van der Waals surface area contributed by atoms with Gasteiger partial charge in [-0.05, 0) is 66.1 Å². The van der Waals surface area contributed by atoms with Crippen LogP contribution < -0.4 is 9.47 Å². The van der Waals surface area contributed by atoms with E-state index in [9.17, 15) is 14.6 Å². The summed E-state index contributed by atoms with van der Waals surface area (Å²) < 4.78 is 24.9. The Morgan fingerprint density at radius 2 is 1.65 bits per heavy atom. The zero-order valence-electron chi connectivity index (χ0n) is 21.8. The van der Waals surface area contributed by atoms with Crippen LogP contribution in [-0.4, -0.2) is 70.2 Å². The van der Waals surface area contributed by atoms with Crippen molar-refractivity contribution < 1.29 is 43.9 Å². The molecule has 0 bridgehead atoms. The van der Waals surface area contributed by atoms with Gasteiger partial charge in [0.1, 0.15) is 35.7 Å². The van der Waals surface area contributed by atoms with Crippen LogP contribution in [0.2, 0.25) is 0 Å². The molecular weight excluding hydrogens is 521 g/mol. The summed E-state index contributed by atoms with van der Waals surface area (Å²) in [4.78, 5) is 20.4. The minimum absolute atomic E-state index is 0.176. The second-order valence-corrected chi connectivity index (χ2v) is 9.58. The number of benzene rings is 3. The Balaban J connectivity index is 0.000000557. The predicted octanol–water partition coefficient (Wildman–Crippen LogP) is 4.60. The predicted molar refractivity (Wildman–Crippen MR) is 145 cm³/mol. The average molecular weight is 552 g/mol. The number of nitrogens with zero attached hydrogens (tertiary/aromatic N) is 1. The minimum atomic E-state index is -1.82. The summed E-state index contributed by atoms with van der Waals surface area (Å²) in [6.07, 6.45) is -0.383. The Morgan fingerprint density at radius 1 is 0.975 bits per heavy atom. The Labute approximate surface area is 230 Å². The number of rotatable bonds is 7. The minimum Gasteiger partial charge on any atom is -0.508 e. The van der Waals surface area contributed by atoms with E-state index in [0.29, 0.717) is 12.4 Å². The van der Waals surface area contributed by atoms with Gasteiger partial charge in [-0.3, -0.25) is 9.29 Å². The Bertz CT molecular complexity index is 1390. The van der Waals surface area contributed by atoms with Gasteiger partial charge in [0, 0.05) is 36.7 Å². The molecule has 2 aliphatic rings. The van der Waals surface area contributed by atoms with Crippen molar-refractivity contribution in [3.8, 4) is 23.0 Å². The molecule has 0 aliphatic carbocycles. The SMILES string of the molecule is CC1=C(c2cccc(O)c2)[C@@H](c2ccc(OCCN3CC(CF)C3)cc2)Oc2ccc(O)cc21.O=C(O)C(=O)O. The van der Waals surface area contributed by atoms with E-state index in [1.54, 1.807) is 30.3 Å². The van der Waals surface area contributed by atoms with Crippen molar-refractivity contribution in [2.45, 2.75) is 13.0 Å². The smallest absolute Gasteiger partial charge is 0.414 e. The molecule has 1 atom stereocenters. The lowest BCUT2D eigenvalue weighted by Crippen LogP contribution is -2.49. The fraction of sp³-hybridized carbons (Fsp3) is 0.267. The molecule has 0 unspecified atom stereocenters. The number of alkyl halides is 1. The standard InChI is InChI=1S/C28H28FNO4.C2H2O4/c1-18-25-14-23(32)7-10-26(25)34-28(27(18)21-3-2-4-22(31)13-21)20-5-8-24(9-6-20)33-12-11-30-16-19(15-29)17-30;3-1(4)2(5)6/h2-10,13-14,19,28,31-32H,11-12,15-17H2,1H3;(H,3,4)(H,5,6)/t28-;/m1./s1. The molecule has 1 fully saturated rings. The summed E-state index contributed by atoms with van der Waals surface area (Å²) >= 11 is 0. The van der Waals surface area contributed by atoms with E-state index in [0.717, 1.165) is 53.2 Å². The molecule has 2 heterocycles. The normalized spacial score (nSPS) is 16.6. The van der Waals surface area contributed by atoms with Crippen LogP contribution >= 0.6 is 0 Å². The van der Waals surface area contributed by atoms with Crippen molar-refractivity contribution in [2.75, 3.05) is 32.9 Å². The van der Waals surface area contributed by atoms with E-state index in [1.165, 1.54) is 0 Å². The number of aromatic hydroxyl groups is 2. The van der Waals surface area contributed by atoms with Crippen molar-refractivity contribution in [1.29, 1.82) is 0 Å². The number of carbonyl (C=O) groups is 2. The second kappa shape index (κ2) is 12.5. The number of hydrogen-bond donors (Lipinski definition) is 4. The molecule has 4 N–H and O–H groups in total. The number of phenolic OH excluding ortho intramolecular Hbond substituents is 2.